The van der Waals surface area contributed by atoms with Crippen LogP contribution in [-0.4, -0.2) is 111 Å². The highest BCUT2D eigenvalue weighted by molar-refractivity contribution is 5.98. The van der Waals surface area contributed by atoms with Crippen molar-refractivity contribution in [3.63, 3.8) is 0 Å². The normalized spacial score (nSPS) is 24.2. The number of amides is 3. The van der Waals surface area contributed by atoms with Gasteiger partial charge in [0.25, 0.3) is 5.91 Å². The number of methoxy groups -OCH3 is 1. The number of nitrogens with one attached hydrogen (secondary N) is 1. The quantitative estimate of drug-likeness (QED) is 0.651. The van der Waals surface area contributed by atoms with Crippen molar-refractivity contribution in [2.24, 2.45) is 5.92 Å². The molecule has 200 valence electrons. The zero-order valence-corrected chi connectivity index (χ0v) is 22.1. The molecule has 0 aliphatic carbocycles. The first-order valence-corrected chi connectivity index (χ1v) is 12.7. The van der Waals surface area contributed by atoms with Crippen molar-refractivity contribution in [1.29, 1.82) is 0 Å². The summed E-state index contributed by atoms with van der Waals surface area (Å²) >= 11 is 0. The number of anilines is 1. The third-order valence-electron chi connectivity index (χ3n) is 6.83. The number of morpholine rings is 1. The van der Waals surface area contributed by atoms with E-state index >= 15 is 0 Å². The topological polar surface area (TPSA) is 101 Å². The lowest BCUT2D eigenvalue weighted by Crippen LogP contribution is -2.52. The van der Waals surface area contributed by atoms with Gasteiger partial charge in [-0.15, -0.1) is 0 Å². The van der Waals surface area contributed by atoms with Gasteiger partial charge in [0.05, 0.1) is 37.5 Å². The molecular weight excluding hydrogens is 464 g/mol. The predicted octanol–water partition coefficient (Wildman–Crippen LogP) is 1.70. The number of nitrogens with zero attached hydrogens (tertiary/aromatic N) is 3. The molecule has 2 heterocycles. The first-order chi connectivity index (χ1) is 17.2. The van der Waals surface area contributed by atoms with Crippen LogP contribution in [0.15, 0.2) is 18.2 Å². The van der Waals surface area contributed by atoms with Crippen molar-refractivity contribution in [2.75, 3.05) is 72.0 Å². The van der Waals surface area contributed by atoms with E-state index in [0.717, 1.165) is 13.1 Å². The zero-order chi connectivity index (χ0) is 26.2. The number of hydrogen-bond donors (Lipinski definition) is 1. The Hall–Kier alpha value is -2.69. The van der Waals surface area contributed by atoms with E-state index in [-0.39, 0.29) is 42.4 Å². The smallest absolute Gasteiger partial charge is 0.257 e. The van der Waals surface area contributed by atoms with E-state index in [1.807, 2.05) is 18.7 Å². The van der Waals surface area contributed by atoms with Crippen LogP contribution in [0.25, 0.3) is 0 Å². The number of likely N-dealkylation sites (N-methyl/N-ethyl adjacent to an activating group) is 1. The third-order valence-corrected chi connectivity index (χ3v) is 6.83. The van der Waals surface area contributed by atoms with Gasteiger partial charge in [-0.2, -0.15) is 0 Å². The lowest BCUT2D eigenvalue weighted by Gasteiger charge is -2.37. The van der Waals surface area contributed by atoms with Gasteiger partial charge in [0, 0.05) is 64.4 Å². The van der Waals surface area contributed by atoms with Gasteiger partial charge >= 0.3 is 0 Å². The molecule has 10 nitrogen and oxygen atoms in total. The zero-order valence-electron chi connectivity index (χ0n) is 22.1. The molecule has 0 spiro atoms. The van der Waals surface area contributed by atoms with Gasteiger partial charge in [0.2, 0.25) is 11.8 Å². The monoisotopic (exact) mass is 504 g/mol. The highest BCUT2D eigenvalue weighted by atomic mass is 16.5. The molecule has 1 saturated heterocycles. The van der Waals surface area contributed by atoms with Crippen molar-refractivity contribution in [1.82, 2.24) is 14.7 Å². The largest absolute Gasteiger partial charge is 0.491 e. The molecule has 0 bridgehead atoms. The molecule has 1 aromatic carbocycles. The second kappa shape index (κ2) is 13.0. The van der Waals surface area contributed by atoms with Crippen LogP contribution >= 0.6 is 0 Å². The summed E-state index contributed by atoms with van der Waals surface area (Å²) in [5, 5.41) is 2.82. The van der Waals surface area contributed by atoms with E-state index in [2.05, 4.69) is 10.2 Å². The maximum Gasteiger partial charge on any atom is 0.257 e. The fraction of sp³-hybridized carbons (Fsp3) is 0.654. The van der Waals surface area contributed by atoms with E-state index in [0.29, 0.717) is 56.3 Å². The summed E-state index contributed by atoms with van der Waals surface area (Å²) in [6.07, 6.45) is 0.0877. The lowest BCUT2D eigenvalue weighted by atomic mass is 10.0. The number of benzene rings is 1. The first-order valence-electron chi connectivity index (χ1n) is 12.7. The minimum Gasteiger partial charge on any atom is -0.491 e. The van der Waals surface area contributed by atoms with Crippen LogP contribution < -0.4 is 10.1 Å². The lowest BCUT2D eigenvalue weighted by molar-refractivity contribution is -0.137. The van der Waals surface area contributed by atoms with Crippen molar-refractivity contribution in [2.45, 2.75) is 39.3 Å². The van der Waals surface area contributed by atoms with Crippen LogP contribution in [0.2, 0.25) is 0 Å². The molecule has 3 atom stereocenters. The van der Waals surface area contributed by atoms with Gasteiger partial charge < -0.3 is 29.3 Å². The van der Waals surface area contributed by atoms with Crippen molar-refractivity contribution >= 4 is 23.4 Å². The molecule has 0 aromatic heterocycles. The van der Waals surface area contributed by atoms with Gasteiger partial charge in [-0.3, -0.25) is 19.3 Å². The highest BCUT2D eigenvalue weighted by Gasteiger charge is 2.31. The van der Waals surface area contributed by atoms with Crippen molar-refractivity contribution in [3.05, 3.63) is 23.8 Å². The minimum absolute atomic E-state index is 0.00753. The minimum atomic E-state index is -0.253. The Morgan fingerprint density at radius 1 is 1.17 bits per heavy atom. The highest BCUT2D eigenvalue weighted by Crippen LogP contribution is 2.27. The van der Waals surface area contributed by atoms with Crippen LogP contribution in [0.3, 0.4) is 0 Å². The van der Waals surface area contributed by atoms with E-state index in [1.54, 1.807) is 44.2 Å². The van der Waals surface area contributed by atoms with E-state index in [9.17, 15) is 14.4 Å². The second-order valence-corrected chi connectivity index (χ2v) is 9.64. The fourth-order valence-corrected chi connectivity index (χ4v) is 4.49. The van der Waals surface area contributed by atoms with Gasteiger partial charge in [0.15, 0.2) is 0 Å². The van der Waals surface area contributed by atoms with Crippen LogP contribution in [0.5, 0.6) is 5.75 Å². The second-order valence-electron chi connectivity index (χ2n) is 9.64. The number of carbonyl (C=O) groups is 3. The van der Waals surface area contributed by atoms with Crippen molar-refractivity contribution < 1.29 is 28.6 Å². The van der Waals surface area contributed by atoms with E-state index < -0.39 is 0 Å². The van der Waals surface area contributed by atoms with Crippen LogP contribution in [0.4, 0.5) is 5.69 Å². The third kappa shape index (κ3) is 7.18. The van der Waals surface area contributed by atoms with Gasteiger partial charge in [-0.05, 0) is 19.1 Å². The summed E-state index contributed by atoms with van der Waals surface area (Å²) in [5.41, 5.74) is 0.952. The average molecular weight is 505 g/mol. The number of carbonyl (C=O) groups excluding carboxylic acids is 3. The number of ether oxygens (including phenoxy) is 3. The van der Waals surface area contributed by atoms with Gasteiger partial charge in [-0.1, -0.05) is 13.8 Å². The summed E-state index contributed by atoms with van der Waals surface area (Å²) in [5.74, 6) is 0.0702. The van der Waals surface area contributed by atoms with Crippen LogP contribution in [0, 0.1) is 5.92 Å². The number of rotatable bonds is 5. The molecule has 3 rings (SSSR count). The molecular formula is C26H40N4O6. The fourth-order valence-electron chi connectivity index (χ4n) is 4.49. The Morgan fingerprint density at radius 2 is 1.89 bits per heavy atom. The summed E-state index contributed by atoms with van der Waals surface area (Å²) in [6.45, 7) is 9.85. The Morgan fingerprint density at radius 3 is 2.56 bits per heavy atom. The Balaban J connectivity index is 1.89. The molecule has 10 heteroatoms. The Bertz CT molecular complexity index is 920. The molecule has 1 N–H and O–H groups in total. The SMILES string of the molecule is CCC(=O)Nc1ccc2c(c1)OC[C@H](C)N(C(=O)CN1CCOCC1)C[C@H](C)[C@@H](OC)CN(C)C2=O. The molecule has 1 fully saturated rings. The summed E-state index contributed by atoms with van der Waals surface area (Å²) in [4.78, 5) is 44.2. The predicted molar refractivity (Wildman–Crippen MR) is 136 cm³/mol. The molecule has 2 aliphatic heterocycles. The Labute approximate surface area is 213 Å². The van der Waals surface area contributed by atoms with E-state index in [1.165, 1.54) is 0 Å². The molecule has 2 aliphatic rings. The number of hydrogen-bond acceptors (Lipinski definition) is 7. The van der Waals surface area contributed by atoms with Gasteiger partial charge in [-0.25, -0.2) is 0 Å². The standard InChI is InChI=1S/C26H40N4O6/c1-6-24(31)27-20-7-8-21-22(13-20)36-17-19(3)30(25(32)16-29-9-11-35-12-10-29)14-18(2)23(34-5)15-28(4)26(21)33/h7-8,13,18-19,23H,6,9-12,14-17H2,1-5H3,(H,27,31)/t18-,19-,23-/m0/s1. The van der Waals surface area contributed by atoms with Crippen LogP contribution in [0.1, 0.15) is 37.6 Å². The molecule has 0 unspecified atom stereocenters. The summed E-state index contributed by atoms with van der Waals surface area (Å²) < 4.78 is 17.3. The maximum absolute atomic E-state index is 13.4. The molecule has 36 heavy (non-hydrogen) atoms. The molecule has 3 amide bonds. The Kier molecular flexibility index (Phi) is 10.1. The summed E-state index contributed by atoms with van der Waals surface area (Å²) in [7, 11) is 3.36. The number of fused-ring (bicyclic) bond motifs is 1. The average Bonchev–Trinajstić information content (AvgIpc) is 2.88. The first kappa shape index (κ1) is 27.9. The summed E-state index contributed by atoms with van der Waals surface area (Å²) in [6, 6.07) is 4.80. The molecule has 1 aromatic rings. The van der Waals surface area contributed by atoms with Crippen molar-refractivity contribution in [3.8, 4) is 5.75 Å². The van der Waals surface area contributed by atoms with E-state index in [4.69, 9.17) is 14.2 Å². The van der Waals surface area contributed by atoms with Crippen LogP contribution in [-0.2, 0) is 19.1 Å². The molecule has 0 radical (unpaired) electrons. The molecule has 0 saturated carbocycles. The van der Waals surface area contributed by atoms with Gasteiger partial charge in [0.1, 0.15) is 12.4 Å². The maximum atomic E-state index is 13.4.